The van der Waals surface area contributed by atoms with E-state index in [0.717, 1.165) is 24.9 Å². The zero-order valence-corrected chi connectivity index (χ0v) is 18.1. The number of rotatable bonds is 5. The lowest BCUT2D eigenvalue weighted by Crippen LogP contribution is -2.23. The molecule has 0 aliphatic carbocycles. The highest BCUT2D eigenvalue weighted by atomic mass is 35.5. The van der Waals surface area contributed by atoms with Crippen molar-refractivity contribution in [3.63, 3.8) is 0 Å². The van der Waals surface area contributed by atoms with Crippen LogP contribution in [0.5, 0.6) is 0 Å². The van der Waals surface area contributed by atoms with Gasteiger partial charge in [-0.25, -0.2) is 22.4 Å². The molecule has 0 unspecified atom stereocenters. The zero-order valence-electron chi connectivity index (χ0n) is 16.5. The molecule has 1 fully saturated rings. The number of hydrogen-bond acceptors (Lipinski definition) is 6. The molecular weight excluding hydrogens is 434 g/mol. The van der Waals surface area contributed by atoms with Crippen LogP contribution in [-0.4, -0.2) is 41.5 Å². The minimum atomic E-state index is -3.79. The average molecular weight is 454 g/mol. The normalized spacial score (nSPS) is 16.6. The van der Waals surface area contributed by atoms with Gasteiger partial charge in [-0.05, 0) is 31.2 Å². The van der Waals surface area contributed by atoms with Gasteiger partial charge in [-0.15, -0.1) is 0 Å². The molecule has 9 heteroatoms. The van der Waals surface area contributed by atoms with Gasteiger partial charge in [-0.1, -0.05) is 48.0 Å². The first-order valence-corrected chi connectivity index (χ1v) is 11.8. The van der Waals surface area contributed by atoms with Crippen LogP contribution in [-0.2, 0) is 10.0 Å². The van der Waals surface area contributed by atoms with Crippen molar-refractivity contribution in [3.05, 3.63) is 72.0 Å². The lowest BCUT2D eigenvalue weighted by Gasteiger charge is -2.12. The molecule has 4 aromatic rings. The Balaban J connectivity index is 1.65. The van der Waals surface area contributed by atoms with Gasteiger partial charge in [0.25, 0.3) is 10.0 Å². The largest absolute Gasteiger partial charge is 0.350 e. The predicted molar refractivity (Wildman–Crippen MR) is 122 cm³/mol. The van der Waals surface area contributed by atoms with Crippen LogP contribution < -0.4 is 10.6 Å². The molecule has 158 valence electrons. The number of fused-ring (bicyclic) bond motifs is 1. The lowest BCUT2D eigenvalue weighted by atomic mass is 10.1. The number of halogens is 1. The van der Waals surface area contributed by atoms with Crippen LogP contribution in [0.2, 0.25) is 5.02 Å². The fraction of sp³-hybridized carbons (Fsp3) is 0.182. The van der Waals surface area contributed by atoms with Crippen molar-refractivity contribution in [1.29, 1.82) is 0 Å². The van der Waals surface area contributed by atoms with Crippen LogP contribution in [0.25, 0.3) is 22.2 Å². The number of nitrogens with one attached hydrogen (secondary N) is 2. The number of anilines is 1. The lowest BCUT2D eigenvalue weighted by molar-refractivity contribution is 0.589. The van der Waals surface area contributed by atoms with Crippen LogP contribution >= 0.6 is 11.6 Å². The molecule has 1 aliphatic heterocycles. The van der Waals surface area contributed by atoms with E-state index in [1.165, 1.54) is 3.97 Å². The minimum absolute atomic E-state index is 0.215. The smallest absolute Gasteiger partial charge is 0.268 e. The standard InChI is InChI=1S/C22H20ClN5O2S/c23-19-13-25-22(26-15-10-11-24-12-15)27-21(19)18-14-28(20-9-5-4-8-17(18)20)31(29,30)16-6-2-1-3-7-16/h1-9,13-15,24H,10-12H2,(H,25,26,27)/t15-/m1/s1. The van der Waals surface area contributed by atoms with Crippen LogP contribution in [0.1, 0.15) is 6.42 Å². The molecule has 0 spiro atoms. The summed E-state index contributed by atoms with van der Waals surface area (Å²) in [6.45, 7) is 1.79. The summed E-state index contributed by atoms with van der Waals surface area (Å²) in [4.78, 5) is 9.15. The Hall–Kier alpha value is -2.94. The third-order valence-corrected chi connectivity index (χ3v) is 7.34. The summed E-state index contributed by atoms with van der Waals surface area (Å²) >= 11 is 6.46. The zero-order chi connectivity index (χ0) is 21.4. The molecule has 0 amide bonds. The number of para-hydroxylation sites is 1. The highest BCUT2D eigenvalue weighted by molar-refractivity contribution is 7.90. The van der Waals surface area contributed by atoms with E-state index in [2.05, 4.69) is 20.6 Å². The maximum atomic E-state index is 13.4. The van der Waals surface area contributed by atoms with Crippen molar-refractivity contribution in [2.24, 2.45) is 0 Å². The molecule has 0 bridgehead atoms. The second-order valence-corrected chi connectivity index (χ2v) is 9.62. The van der Waals surface area contributed by atoms with Gasteiger partial charge in [0.05, 0.1) is 27.3 Å². The molecular formula is C22H20ClN5O2S. The molecule has 2 aromatic heterocycles. The van der Waals surface area contributed by atoms with Gasteiger partial charge in [0.1, 0.15) is 0 Å². The highest BCUT2D eigenvalue weighted by Crippen LogP contribution is 2.35. The second kappa shape index (κ2) is 7.96. The quantitative estimate of drug-likeness (QED) is 0.478. The summed E-state index contributed by atoms with van der Waals surface area (Å²) in [6.07, 6.45) is 4.12. The first kappa shape index (κ1) is 20.0. The Labute approximate surface area is 185 Å². The Kier molecular flexibility index (Phi) is 5.13. The first-order chi connectivity index (χ1) is 15.0. The molecule has 1 atom stereocenters. The number of aromatic nitrogens is 3. The summed E-state index contributed by atoms with van der Waals surface area (Å²) in [5.74, 6) is 0.468. The second-order valence-electron chi connectivity index (χ2n) is 7.40. The predicted octanol–water partition coefficient (Wildman–Crippen LogP) is 3.76. The molecule has 1 saturated heterocycles. The molecule has 5 rings (SSSR count). The van der Waals surface area contributed by atoms with Gasteiger partial charge in [-0.3, -0.25) is 0 Å². The average Bonchev–Trinajstić information content (AvgIpc) is 3.44. The Morgan fingerprint density at radius 1 is 1.10 bits per heavy atom. The fourth-order valence-corrected chi connectivity index (χ4v) is 5.41. The van der Waals surface area contributed by atoms with Gasteiger partial charge >= 0.3 is 0 Å². The summed E-state index contributed by atoms with van der Waals surface area (Å²) in [5.41, 5.74) is 1.68. The number of hydrogen-bond donors (Lipinski definition) is 2. The van der Waals surface area contributed by atoms with Crippen LogP contribution in [0, 0.1) is 0 Å². The Morgan fingerprint density at radius 3 is 2.65 bits per heavy atom. The number of benzene rings is 2. The third kappa shape index (κ3) is 3.67. The molecule has 0 saturated carbocycles. The van der Waals surface area contributed by atoms with Crippen molar-refractivity contribution in [2.75, 3.05) is 18.4 Å². The van der Waals surface area contributed by atoms with Crippen LogP contribution in [0.3, 0.4) is 0 Å². The van der Waals surface area contributed by atoms with Gasteiger partial charge < -0.3 is 10.6 Å². The summed E-state index contributed by atoms with van der Waals surface area (Å²) < 4.78 is 28.0. The van der Waals surface area contributed by atoms with Crippen LogP contribution in [0.4, 0.5) is 5.95 Å². The topological polar surface area (TPSA) is 88.9 Å². The van der Waals surface area contributed by atoms with Gasteiger partial charge in [0, 0.05) is 29.7 Å². The SMILES string of the molecule is O=S(=O)(c1ccccc1)n1cc(-c2nc(N[C@@H]3CCNC3)ncc2Cl)c2ccccc21. The van der Waals surface area contributed by atoms with E-state index in [-0.39, 0.29) is 10.9 Å². The van der Waals surface area contributed by atoms with E-state index in [9.17, 15) is 8.42 Å². The third-order valence-electron chi connectivity index (χ3n) is 5.37. The van der Waals surface area contributed by atoms with E-state index in [4.69, 9.17) is 11.6 Å². The Morgan fingerprint density at radius 2 is 1.87 bits per heavy atom. The monoisotopic (exact) mass is 453 g/mol. The van der Waals surface area contributed by atoms with E-state index in [1.54, 1.807) is 48.8 Å². The summed E-state index contributed by atoms with van der Waals surface area (Å²) in [5, 5.41) is 7.72. The van der Waals surface area contributed by atoms with Crippen molar-refractivity contribution < 1.29 is 8.42 Å². The van der Waals surface area contributed by atoms with Gasteiger partial charge in [0.2, 0.25) is 5.95 Å². The maximum Gasteiger partial charge on any atom is 0.268 e. The molecule has 7 nitrogen and oxygen atoms in total. The molecule has 2 N–H and O–H groups in total. The van der Waals surface area contributed by atoms with E-state index in [1.807, 2.05) is 18.2 Å². The molecule has 1 aliphatic rings. The van der Waals surface area contributed by atoms with E-state index >= 15 is 0 Å². The fourth-order valence-electron chi connectivity index (χ4n) is 3.83. The summed E-state index contributed by atoms with van der Waals surface area (Å²) in [7, 11) is -3.79. The molecule has 31 heavy (non-hydrogen) atoms. The van der Waals surface area contributed by atoms with Crippen molar-refractivity contribution >= 4 is 38.5 Å². The van der Waals surface area contributed by atoms with Gasteiger partial charge in [-0.2, -0.15) is 0 Å². The first-order valence-electron chi connectivity index (χ1n) is 9.95. The van der Waals surface area contributed by atoms with Crippen molar-refractivity contribution in [1.82, 2.24) is 19.3 Å². The van der Waals surface area contributed by atoms with Crippen LogP contribution in [0.15, 0.2) is 71.9 Å². The minimum Gasteiger partial charge on any atom is -0.350 e. The Bertz CT molecular complexity index is 1350. The number of nitrogens with zero attached hydrogens (tertiary/aromatic N) is 3. The summed E-state index contributed by atoms with van der Waals surface area (Å²) in [6, 6.07) is 15.9. The van der Waals surface area contributed by atoms with Crippen molar-refractivity contribution in [3.8, 4) is 11.3 Å². The molecule has 2 aromatic carbocycles. The van der Waals surface area contributed by atoms with Gasteiger partial charge in [0.15, 0.2) is 0 Å². The molecule has 3 heterocycles. The maximum absolute atomic E-state index is 13.4. The van der Waals surface area contributed by atoms with E-state index in [0.29, 0.717) is 27.7 Å². The molecule has 0 radical (unpaired) electrons. The van der Waals surface area contributed by atoms with E-state index < -0.39 is 10.0 Å². The van der Waals surface area contributed by atoms with Crippen molar-refractivity contribution in [2.45, 2.75) is 17.4 Å². The highest BCUT2D eigenvalue weighted by Gasteiger charge is 2.23.